The minimum Gasteiger partial charge on any atom is -0.491 e. The van der Waals surface area contributed by atoms with Gasteiger partial charge in [-0.1, -0.05) is 36.4 Å². The van der Waals surface area contributed by atoms with Crippen LogP contribution in [-0.4, -0.2) is 63.5 Å². The Morgan fingerprint density at radius 3 is 1.56 bits per heavy atom. The number of methoxy groups -OCH3 is 4. The maximum atomic E-state index is 14.0. The van der Waals surface area contributed by atoms with Crippen LogP contribution >= 0.6 is 0 Å². The zero-order valence-corrected chi connectivity index (χ0v) is 18.9. The molecule has 0 spiro atoms. The van der Waals surface area contributed by atoms with Crippen LogP contribution < -0.4 is 9.80 Å². The lowest BCUT2D eigenvalue weighted by molar-refractivity contribution is -0.259. The number of benzene rings is 2. The van der Waals surface area contributed by atoms with Crippen molar-refractivity contribution in [2.45, 2.75) is 11.4 Å². The van der Waals surface area contributed by atoms with Crippen molar-refractivity contribution in [3.05, 3.63) is 72.0 Å². The lowest BCUT2D eigenvalue weighted by Crippen LogP contribution is -2.63. The van der Waals surface area contributed by atoms with Crippen molar-refractivity contribution < 1.29 is 38.1 Å². The van der Waals surface area contributed by atoms with Gasteiger partial charge in [0, 0.05) is 21.3 Å². The Hall–Kier alpha value is -3.86. The summed E-state index contributed by atoms with van der Waals surface area (Å²) in [5.41, 5.74) is -2.56. The predicted octanol–water partition coefficient (Wildman–Crippen LogP) is 1.41. The van der Waals surface area contributed by atoms with Crippen LogP contribution in [-0.2, 0) is 38.1 Å². The maximum Gasteiger partial charge on any atom is 0.301 e. The maximum absolute atomic E-state index is 14.0. The number of para-hydroxylation sites is 2. The SMILES string of the molecule is COC1=C(C2(OC)C(=O)N(c3ccccc3)C(=O)C2(OC)OC)C(=O)N(c2ccccc2)C1=O. The fraction of sp³-hybridized carbons (Fsp3) is 0.250. The van der Waals surface area contributed by atoms with Crippen LogP contribution in [0.1, 0.15) is 0 Å². The molecule has 34 heavy (non-hydrogen) atoms. The zero-order valence-electron chi connectivity index (χ0n) is 18.9. The fourth-order valence-corrected chi connectivity index (χ4v) is 4.46. The molecule has 4 rings (SSSR count). The molecule has 0 saturated carbocycles. The third kappa shape index (κ3) is 2.79. The van der Waals surface area contributed by atoms with Gasteiger partial charge in [0.15, 0.2) is 5.76 Å². The Morgan fingerprint density at radius 1 is 0.618 bits per heavy atom. The highest BCUT2D eigenvalue weighted by Gasteiger charge is 2.78. The molecule has 0 N–H and O–H groups in total. The van der Waals surface area contributed by atoms with E-state index in [0.29, 0.717) is 0 Å². The Labute approximate surface area is 195 Å². The molecule has 1 fully saturated rings. The zero-order chi connectivity index (χ0) is 24.7. The lowest BCUT2D eigenvalue weighted by atomic mass is 9.85. The summed E-state index contributed by atoms with van der Waals surface area (Å²) in [6, 6.07) is 16.1. The van der Waals surface area contributed by atoms with E-state index in [0.717, 1.165) is 31.1 Å². The predicted molar refractivity (Wildman–Crippen MR) is 118 cm³/mol. The molecule has 1 atom stereocenters. The van der Waals surface area contributed by atoms with Crippen molar-refractivity contribution in [2.75, 3.05) is 38.2 Å². The first-order valence-corrected chi connectivity index (χ1v) is 10.2. The first-order valence-electron chi connectivity index (χ1n) is 10.2. The van der Waals surface area contributed by atoms with Gasteiger partial charge in [-0.05, 0) is 24.3 Å². The number of anilines is 2. The minimum absolute atomic E-state index is 0.200. The standard InChI is InChI=1S/C24H22N2O8/c1-31-18-17(19(27)25(20(18)28)15-11-7-5-8-12-15)23(32-2)21(29)26(16-13-9-6-10-14-16)22(30)24(23,33-3)34-4/h5-14H,1-4H3. The minimum atomic E-state index is -2.49. The molecular weight excluding hydrogens is 444 g/mol. The highest BCUT2D eigenvalue weighted by molar-refractivity contribution is 6.38. The van der Waals surface area contributed by atoms with Gasteiger partial charge in [0.05, 0.1) is 18.5 Å². The molecule has 1 unspecified atom stereocenters. The van der Waals surface area contributed by atoms with Crippen molar-refractivity contribution >= 4 is 35.0 Å². The van der Waals surface area contributed by atoms with E-state index in [1.807, 2.05) is 0 Å². The highest BCUT2D eigenvalue weighted by Crippen LogP contribution is 2.49. The summed E-state index contributed by atoms with van der Waals surface area (Å²) in [5.74, 6) is -6.55. The summed E-state index contributed by atoms with van der Waals surface area (Å²) < 4.78 is 21.9. The first kappa shape index (κ1) is 23.3. The Bertz CT molecular complexity index is 1190. The van der Waals surface area contributed by atoms with Gasteiger partial charge < -0.3 is 18.9 Å². The van der Waals surface area contributed by atoms with Crippen molar-refractivity contribution in [3.8, 4) is 0 Å². The Kier molecular flexibility index (Phi) is 5.82. The van der Waals surface area contributed by atoms with Crippen LogP contribution in [0.3, 0.4) is 0 Å². The number of hydrogen-bond acceptors (Lipinski definition) is 8. The first-order chi connectivity index (χ1) is 16.4. The number of imide groups is 2. The summed E-state index contributed by atoms with van der Waals surface area (Å²) in [7, 11) is 4.58. The molecule has 2 aliphatic rings. The third-order valence-electron chi connectivity index (χ3n) is 5.96. The van der Waals surface area contributed by atoms with Crippen LogP contribution in [0.25, 0.3) is 0 Å². The van der Waals surface area contributed by atoms with Gasteiger partial charge in [0.1, 0.15) is 5.57 Å². The van der Waals surface area contributed by atoms with Crippen LogP contribution in [0, 0.1) is 0 Å². The second-order valence-corrected chi connectivity index (χ2v) is 7.38. The molecule has 0 radical (unpaired) electrons. The smallest absolute Gasteiger partial charge is 0.301 e. The second-order valence-electron chi connectivity index (χ2n) is 7.38. The Balaban J connectivity index is 1.99. The second kappa shape index (κ2) is 8.49. The third-order valence-corrected chi connectivity index (χ3v) is 5.96. The van der Waals surface area contributed by atoms with Gasteiger partial charge in [0.25, 0.3) is 23.5 Å². The van der Waals surface area contributed by atoms with E-state index in [2.05, 4.69) is 0 Å². The number of amides is 4. The van der Waals surface area contributed by atoms with Crippen molar-refractivity contribution in [1.29, 1.82) is 0 Å². The molecule has 2 aromatic carbocycles. The van der Waals surface area contributed by atoms with E-state index in [4.69, 9.17) is 18.9 Å². The van der Waals surface area contributed by atoms with Gasteiger partial charge in [0.2, 0.25) is 5.60 Å². The molecule has 1 saturated heterocycles. The number of carbonyl (C=O) groups is 4. The van der Waals surface area contributed by atoms with Crippen LogP contribution in [0.4, 0.5) is 11.4 Å². The van der Waals surface area contributed by atoms with Crippen molar-refractivity contribution in [2.24, 2.45) is 0 Å². The number of nitrogens with zero attached hydrogens (tertiary/aromatic N) is 2. The summed E-state index contributed by atoms with van der Waals surface area (Å²) in [5, 5.41) is 0. The van der Waals surface area contributed by atoms with E-state index >= 15 is 0 Å². The Morgan fingerprint density at radius 2 is 1.12 bits per heavy atom. The number of ether oxygens (including phenoxy) is 4. The molecule has 0 aliphatic carbocycles. The normalized spacial score (nSPS) is 22.2. The molecule has 10 heteroatoms. The largest absolute Gasteiger partial charge is 0.491 e. The van der Waals surface area contributed by atoms with Gasteiger partial charge in [-0.15, -0.1) is 0 Å². The average molecular weight is 466 g/mol. The average Bonchev–Trinajstić information content (AvgIpc) is 3.23. The highest BCUT2D eigenvalue weighted by atomic mass is 16.7. The summed E-state index contributed by atoms with van der Waals surface area (Å²) in [4.78, 5) is 56.3. The van der Waals surface area contributed by atoms with E-state index in [1.54, 1.807) is 48.5 Å². The molecule has 176 valence electrons. The van der Waals surface area contributed by atoms with Gasteiger partial charge >= 0.3 is 5.91 Å². The fourth-order valence-electron chi connectivity index (χ4n) is 4.46. The molecule has 4 amide bonds. The van der Waals surface area contributed by atoms with E-state index in [-0.39, 0.29) is 11.4 Å². The number of carbonyl (C=O) groups excluding carboxylic acids is 4. The summed E-state index contributed by atoms with van der Waals surface area (Å²) in [6.07, 6.45) is 0. The molecule has 2 aromatic rings. The molecule has 2 aliphatic heterocycles. The van der Waals surface area contributed by atoms with Crippen LogP contribution in [0.2, 0.25) is 0 Å². The number of hydrogen-bond donors (Lipinski definition) is 0. The lowest BCUT2D eigenvalue weighted by Gasteiger charge is -2.37. The van der Waals surface area contributed by atoms with Gasteiger partial charge in [-0.25, -0.2) is 9.80 Å². The van der Waals surface area contributed by atoms with Gasteiger partial charge in [-0.2, -0.15) is 0 Å². The van der Waals surface area contributed by atoms with E-state index in [1.165, 1.54) is 19.2 Å². The van der Waals surface area contributed by atoms with Gasteiger partial charge in [-0.3, -0.25) is 19.2 Å². The quantitative estimate of drug-likeness (QED) is 0.445. The molecule has 0 bridgehead atoms. The van der Waals surface area contributed by atoms with Crippen molar-refractivity contribution in [3.63, 3.8) is 0 Å². The monoisotopic (exact) mass is 466 g/mol. The number of rotatable bonds is 7. The molecular formula is C24H22N2O8. The van der Waals surface area contributed by atoms with Crippen LogP contribution in [0.15, 0.2) is 72.0 Å². The van der Waals surface area contributed by atoms with E-state index in [9.17, 15) is 19.2 Å². The molecule has 2 heterocycles. The summed E-state index contributed by atoms with van der Waals surface area (Å²) >= 11 is 0. The topological polar surface area (TPSA) is 112 Å². The molecule has 0 aromatic heterocycles. The summed E-state index contributed by atoms with van der Waals surface area (Å²) in [6.45, 7) is 0. The van der Waals surface area contributed by atoms with Crippen molar-refractivity contribution in [1.82, 2.24) is 0 Å². The van der Waals surface area contributed by atoms with E-state index < -0.39 is 46.3 Å². The molecule has 10 nitrogen and oxygen atoms in total. The van der Waals surface area contributed by atoms with Crippen LogP contribution in [0.5, 0.6) is 0 Å².